The van der Waals surface area contributed by atoms with Gasteiger partial charge in [0.15, 0.2) is 5.70 Å². The Kier molecular flexibility index (Phi) is 4.91. The van der Waals surface area contributed by atoms with Crippen molar-refractivity contribution in [2.24, 2.45) is 0 Å². The third kappa shape index (κ3) is 2.82. The number of benzene rings is 2. The zero-order valence-corrected chi connectivity index (χ0v) is 24.2. The van der Waals surface area contributed by atoms with Gasteiger partial charge in [0, 0.05) is 28.4 Å². The van der Waals surface area contributed by atoms with Crippen molar-refractivity contribution in [3.8, 4) is 11.5 Å². The Bertz CT molecular complexity index is 1540. The van der Waals surface area contributed by atoms with Gasteiger partial charge in [-0.05, 0) is 108 Å². The number of para-hydroxylation sites is 2. The van der Waals surface area contributed by atoms with Gasteiger partial charge in [-0.2, -0.15) is 0 Å². The van der Waals surface area contributed by atoms with E-state index in [0.717, 1.165) is 43.3 Å². The number of aryl methyl sites for hydroxylation is 3. The predicted octanol–water partition coefficient (Wildman–Crippen LogP) is 7.48. The Balaban J connectivity index is 1.81. The van der Waals surface area contributed by atoms with Crippen LogP contribution in [0.25, 0.3) is 5.57 Å². The van der Waals surface area contributed by atoms with E-state index in [1.807, 2.05) is 24.3 Å². The van der Waals surface area contributed by atoms with Crippen LogP contribution in [-0.4, -0.2) is 21.5 Å². The first-order valence-corrected chi connectivity index (χ1v) is 13.5. The van der Waals surface area contributed by atoms with Crippen LogP contribution in [0.15, 0.2) is 56.6 Å². The number of hydrogen-bond donors (Lipinski definition) is 0. The van der Waals surface area contributed by atoms with E-state index in [2.05, 4.69) is 101 Å². The smallest absolute Gasteiger partial charge is 0.599 e. The second-order valence-electron chi connectivity index (χ2n) is 9.95. The maximum atomic E-state index is 6.86. The van der Waals surface area contributed by atoms with Crippen molar-refractivity contribution in [3.05, 3.63) is 95.8 Å². The zero-order chi connectivity index (χ0) is 25.0. The molecule has 0 bridgehead atoms. The molecule has 4 heterocycles. The molecule has 0 saturated heterocycles. The molecule has 35 heavy (non-hydrogen) atoms. The molecule has 6 rings (SSSR count). The van der Waals surface area contributed by atoms with E-state index in [4.69, 9.17) is 9.31 Å². The van der Waals surface area contributed by atoms with Crippen molar-refractivity contribution in [2.75, 3.05) is 0 Å². The second kappa shape index (κ2) is 7.50. The average Bonchev–Trinajstić information content (AvgIpc) is 3.37. The van der Waals surface area contributed by atoms with Crippen LogP contribution in [0.1, 0.15) is 53.1 Å². The standard InChI is InChI=1S/C28H27BBr2N2O2/c1-14-12-15(2)23(16(3)13-14)24-27-17(4)25(30)19(6)32(27)29(33-20(7)26(31)18(5)28(24)33)34-21-10-8-9-11-22(21)35-29/h8-13H,1-7H3. The van der Waals surface area contributed by atoms with Crippen LogP contribution in [0.5, 0.6) is 11.5 Å². The van der Waals surface area contributed by atoms with Crippen LogP contribution in [-0.2, 0) is 0 Å². The van der Waals surface area contributed by atoms with E-state index in [9.17, 15) is 0 Å². The van der Waals surface area contributed by atoms with Crippen LogP contribution in [0.4, 0.5) is 0 Å². The predicted molar refractivity (Wildman–Crippen MR) is 150 cm³/mol. The molecule has 3 aromatic rings. The van der Waals surface area contributed by atoms with Gasteiger partial charge in [0.25, 0.3) is 0 Å². The van der Waals surface area contributed by atoms with Crippen molar-refractivity contribution < 1.29 is 13.8 Å². The summed E-state index contributed by atoms with van der Waals surface area (Å²) in [5.41, 5.74) is 13.1. The van der Waals surface area contributed by atoms with Crippen LogP contribution in [0.2, 0.25) is 0 Å². The van der Waals surface area contributed by atoms with E-state index in [-0.39, 0.29) is 0 Å². The monoisotopic (exact) mass is 592 g/mol. The molecule has 3 aliphatic heterocycles. The fraction of sp³-hybridized carbons (Fsp3) is 0.250. The Morgan fingerprint density at radius 3 is 2.00 bits per heavy atom. The van der Waals surface area contributed by atoms with Gasteiger partial charge in [-0.15, -0.1) is 0 Å². The number of hydrogen-bond acceptors (Lipinski definition) is 2. The molecule has 0 fully saturated rings. The Morgan fingerprint density at radius 2 is 1.43 bits per heavy atom. The third-order valence-electron chi connectivity index (χ3n) is 7.67. The van der Waals surface area contributed by atoms with Gasteiger partial charge >= 0.3 is 6.82 Å². The van der Waals surface area contributed by atoms with E-state index in [1.54, 1.807) is 0 Å². The molecule has 0 radical (unpaired) electrons. The maximum absolute atomic E-state index is 6.86. The summed E-state index contributed by atoms with van der Waals surface area (Å²) in [6.45, 7) is 13.1. The second-order valence-corrected chi connectivity index (χ2v) is 11.5. The fourth-order valence-electron chi connectivity index (χ4n) is 6.34. The lowest BCUT2D eigenvalue weighted by Crippen LogP contribution is -2.65. The molecule has 2 aromatic carbocycles. The van der Waals surface area contributed by atoms with E-state index < -0.39 is 6.82 Å². The molecule has 4 nitrogen and oxygen atoms in total. The molecule has 0 aliphatic carbocycles. The zero-order valence-electron chi connectivity index (χ0n) is 21.0. The third-order valence-corrected chi connectivity index (χ3v) is 10.0. The number of aromatic nitrogens is 1. The summed E-state index contributed by atoms with van der Waals surface area (Å²) in [7, 11) is 0. The summed E-state index contributed by atoms with van der Waals surface area (Å²) in [4.78, 5) is 0. The van der Waals surface area contributed by atoms with Gasteiger partial charge in [-0.25, -0.2) is 0 Å². The first-order valence-electron chi connectivity index (χ1n) is 11.9. The Morgan fingerprint density at radius 1 is 0.857 bits per heavy atom. The number of fused-ring (bicyclic) bond motifs is 5. The van der Waals surface area contributed by atoms with Crippen LogP contribution >= 0.6 is 31.9 Å². The highest BCUT2D eigenvalue weighted by molar-refractivity contribution is 9.12. The summed E-state index contributed by atoms with van der Waals surface area (Å²) in [5, 5.41) is 0. The summed E-state index contributed by atoms with van der Waals surface area (Å²) in [6, 6.07) is 12.5. The molecule has 1 spiro atoms. The topological polar surface area (TPSA) is 26.4 Å². The van der Waals surface area contributed by atoms with E-state index >= 15 is 0 Å². The summed E-state index contributed by atoms with van der Waals surface area (Å²) < 4.78 is 20.5. The van der Waals surface area contributed by atoms with Gasteiger partial charge < -0.3 is 18.3 Å². The highest BCUT2D eigenvalue weighted by Gasteiger charge is 2.64. The lowest BCUT2D eigenvalue weighted by atomic mass is 9.77. The number of nitrogens with zero attached hydrogens (tertiary/aromatic N) is 2. The maximum Gasteiger partial charge on any atom is 0.780 e. The van der Waals surface area contributed by atoms with Gasteiger partial charge in [0.05, 0.1) is 10.1 Å². The molecule has 0 atom stereocenters. The van der Waals surface area contributed by atoms with E-state index in [1.165, 1.54) is 39.0 Å². The van der Waals surface area contributed by atoms with Gasteiger partial charge in [-0.3, -0.25) is 0 Å². The van der Waals surface area contributed by atoms with Crippen LogP contribution < -0.4 is 9.31 Å². The highest BCUT2D eigenvalue weighted by atomic mass is 79.9. The first-order chi connectivity index (χ1) is 16.6. The lowest BCUT2D eigenvalue weighted by Gasteiger charge is -2.39. The lowest BCUT2D eigenvalue weighted by molar-refractivity contribution is -0.369. The van der Waals surface area contributed by atoms with Crippen molar-refractivity contribution >= 4 is 50.0 Å². The molecule has 0 saturated carbocycles. The summed E-state index contributed by atoms with van der Waals surface area (Å²) >= 11 is 7.81. The molecule has 3 aliphatic rings. The highest BCUT2D eigenvalue weighted by Crippen LogP contribution is 2.51. The minimum absolute atomic E-state index is 0.763. The van der Waals surface area contributed by atoms with Crippen molar-refractivity contribution in [1.82, 2.24) is 4.48 Å². The molecule has 0 unspecified atom stereocenters. The Hall–Kier alpha value is -2.51. The first kappa shape index (κ1) is 22.9. The molecule has 178 valence electrons. The number of allylic oxidation sites excluding steroid dienone is 2. The van der Waals surface area contributed by atoms with Gasteiger partial charge in [-0.1, -0.05) is 29.8 Å². The molecule has 7 heteroatoms. The largest absolute Gasteiger partial charge is 0.780 e. The average molecular weight is 594 g/mol. The van der Waals surface area contributed by atoms with Crippen molar-refractivity contribution in [2.45, 2.75) is 48.5 Å². The minimum atomic E-state index is -2.12. The molecule has 0 N–H and O–H groups in total. The summed E-state index contributed by atoms with van der Waals surface area (Å²) in [6.07, 6.45) is 0. The van der Waals surface area contributed by atoms with Gasteiger partial charge in [0.1, 0.15) is 17.2 Å². The van der Waals surface area contributed by atoms with Crippen LogP contribution in [0, 0.1) is 34.6 Å². The quantitative estimate of drug-likeness (QED) is 0.274. The van der Waals surface area contributed by atoms with Gasteiger partial charge in [0.2, 0.25) is 0 Å². The van der Waals surface area contributed by atoms with Crippen molar-refractivity contribution in [3.63, 3.8) is 0 Å². The SMILES string of the molecule is CC1=C(Br)C(C)=[N+]2C1=C(c1c(C)cc(C)cc1C)c1c(C)c(Br)c(C)n1[B-]21Oc2ccccc2O1. The summed E-state index contributed by atoms with van der Waals surface area (Å²) in [5.74, 6) is 1.53. The van der Waals surface area contributed by atoms with Crippen molar-refractivity contribution in [1.29, 1.82) is 0 Å². The molecular weight excluding hydrogens is 567 g/mol. The number of halogens is 2. The number of rotatable bonds is 1. The molecular formula is C28H27BBr2N2O2. The normalized spacial score (nSPS) is 17.6. The van der Waals surface area contributed by atoms with E-state index in [0.29, 0.717) is 0 Å². The fourth-order valence-corrected chi connectivity index (χ4v) is 7.10. The molecule has 0 amide bonds. The molecule has 1 aromatic heterocycles. The minimum Gasteiger partial charge on any atom is -0.599 e. The Labute approximate surface area is 223 Å². The van der Waals surface area contributed by atoms with Crippen LogP contribution in [0.3, 0.4) is 0 Å².